The lowest BCUT2D eigenvalue weighted by atomic mass is 10.2. The summed E-state index contributed by atoms with van der Waals surface area (Å²) in [6.45, 7) is 0.00586. The third-order valence-electron chi connectivity index (χ3n) is 2.79. The topological polar surface area (TPSA) is 89.9 Å². The fraction of sp³-hybridized carbons (Fsp3) is 0.0833. The molecule has 0 spiro atoms. The maximum Gasteiger partial charge on any atom is 0.226 e. The number of nitrogens with zero attached hydrogens (tertiary/aromatic N) is 4. The summed E-state index contributed by atoms with van der Waals surface area (Å²) < 4.78 is 1.76. The highest BCUT2D eigenvalue weighted by molar-refractivity contribution is 6.28. The van der Waals surface area contributed by atoms with Gasteiger partial charge in [0.1, 0.15) is 6.33 Å². The van der Waals surface area contributed by atoms with Crippen LogP contribution >= 0.6 is 11.6 Å². The van der Waals surface area contributed by atoms with E-state index in [1.807, 2.05) is 24.3 Å². The van der Waals surface area contributed by atoms with Crippen LogP contribution < -0.4 is 5.73 Å². The van der Waals surface area contributed by atoms with E-state index < -0.39 is 0 Å². The van der Waals surface area contributed by atoms with Gasteiger partial charge in [-0.15, -0.1) is 0 Å². The van der Waals surface area contributed by atoms with Gasteiger partial charge in [0.05, 0.1) is 6.61 Å². The van der Waals surface area contributed by atoms with Gasteiger partial charge in [-0.1, -0.05) is 12.1 Å². The molecule has 96 valence electrons. The minimum Gasteiger partial charge on any atom is -0.392 e. The Labute approximate surface area is 113 Å². The number of hydrogen-bond donors (Lipinski definition) is 2. The van der Waals surface area contributed by atoms with Gasteiger partial charge in [0.25, 0.3) is 0 Å². The molecule has 7 heteroatoms. The lowest BCUT2D eigenvalue weighted by molar-refractivity contribution is 0.282. The van der Waals surface area contributed by atoms with E-state index in [9.17, 15) is 0 Å². The Bertz CT molecular complexity index is 738. The standard InChI is InChI=1S/C12H10ClN5O/c13-12-16-10(14)9-11(17-12)18(6-15-9)8-3-1-7(5-19)2-4-8/h1-4,6,19H,5H2,(H2,14,16,17). The number of aliphatic hydroxyl groups is 1. The van der Waals surface area contributed by atoms with Crippen molar-refractivity contribution in [3.63, 3.8) is 0 Å². The van der Waals surface area contributed by atoms with Gasteiger partial charge in [0, 0.05) is 5.69 Å². The number of hydrogen-bond acceptors (Lipinski definition) is 5. The molecule has 3 aromatic rings. The molecule has 0 amide bonds. The summed E-state index contributed by atoms with van der Waals surface area (Å²) in [5.41, 5.74) is 8.50. The molecule has 0 aliphatic heterocycles. The summed E-state index contributed by atoms with van der Waals surface area (Å²) in [5, 5.41) is 9.11. The van der Waals surface area contributed by atoms with E-state index in [1.165, 1.54) is 0 Å². The van der Waals surface area contributed by atoms with Crippen LogP contribution in [0, 0.1) is 0 Å². The minimum atomic E-state index is 0.00586. The molecular weight excluding hydrogens is 266 g/mol. The van der Waals surface area contributed by atoms with Crippen molar-refractivity contribution in [1.29, 1.82) is 0 Å². The third-order valence-corrected chi connectivity index (χ3v) is 2.96. The van der Waals surface area contributed by atoms with Crippen molar-refractivity contribution in [2.45, 2.75) is 6.61 Å². The first-order valence-electron chi connectivity index (χ1n) is 5.55. The predicted molar refractivity (Wildman–Crippen MR) is 72.0 cm³/mol. The molecule has 0 unspecified atom stereocenters. The first-order chi connectivity index (χ1) is 9.19. The van der Waals surface area contributed by atoms with Crippen LogP contribution in [0.25, 0.3) is 16.9 Å². The molecule has 0 aliphatic carbocycles. The van der Waals surface area contributed by atoms with E-state index in [1.54, 1.807) is 10.9 Å². The number of rotatable bonds is 2. The molecular formula is C12H10ClN5O. The van der Waals surface area contributed by atoms with Crippen molar-refractivity contribution in [1.82, 2.24) is 19.5 Å². The second kappa shape index (κ2) is 4.49. The average molecular weight is 276 g/mol. The van der Waals surface area contributed by atoms with E-state index in [0.717, 1.165) is 11.3 Å². The van der Waals surface area contributed by atoms with Gasteiger partial charge in [-0.2, -0.15) is 9.97 Å². The number of anilines is 1. The second-order valence-electron chi connectivity index (χ2n) is 3.99. The first-order valence-corrected chi connectivity index (χ1v) is 5.93. The Morgan fingerprint density at radius 3 is 2.63 bits per heavy atom. The molecule has 6 nitrogen and oxygen atoms in total. The molecule has 0 aliphatic rings. The van der Waals surface area contributed by atoms with Gasteiger partial charge in [0.15, 0.2) is 17.0 Å². The largest absolute Gasteiger partial charge is 0.392 e. The lowest BCUT2D eigenvalue weighted by Gasteiger charge is -2.05. The van der Waals surface area contributed by atoms with Gasteiger partial charge in [-0.25, -0.2) is 4.98 Å². The molecule has 2 aromatic heterocycles. The fourth-order valence-corrected chi connectivity index (χ4v) is 2.02. The van der Waals surface area contributed by atoms with Crippen LogP contribution in [0.3, 0.4) is 0 Å². The van der Waals surface area contributed by atoms with Gasteiger partial charge in [-0.05, 0) is 29.3 Å². The molecule has 19 heavy (non-hydrogen) atoms. The lowest BCUT2D eigenvalue weighted by Crippen LogP contribution is -1.98. The van der Waals surface area contributed by atoms with Crippen LogP contribution in [-0.2, 0) is 6.61 Å². The molecule has 3 N–H and O–H groups in total. The van der Waals surface area contributed by atoms with Crippen molar-refractivity contribution in [3.05, 3.63) is 41.4 Å². The highest BCUT2D eigenvalue weighted by Crippen LogP contribution is 2.21. The summed E-state index contributed by atoms with van der Waals surface area (Å²) in [7, 11) is 0. The Hall–Kier alpha value is -2.18. The molecule has 0 saturated heterocycles. The maximum absolute atomic E-state index is 9.03. The molecule has 3 rings (SSSR count). The first kappa shape index (κ1) is 11.9. The fourth-order valence-electron chi connectivity index (χ4n) is 1.85. The summed E-state index contributed by atoms with van der Waals surface area (Å²) in [6, 6.07) is 7.37. The number of benzene rings is 1. The van der Waals surface area contributed by atoms with Crippen molar-refractivity contribution in [2.24, 2.45) is 0 Å². The summed E-state index contributed by atoms with van der Waals surface area (Å²) in [4.78, 5) is 12.2. The Balaban J connectivity index is 2.19. The number of imidazole rings is 1. The molecule has 0 radical (unpaired) electrons. The van der Waals surface area contributed by atoms with Crippen molar-refractivity contribution in [3.8, 4) is 5.69 Å². The van der Waals surface area contributed by atoms with Crippen molar-refractivity contribution >= 4 is 28.6 Å². The van der Waals surface area contributed by atoms with Crippen LogP contribution in [0.15, 0.2) is 30.6 Å². The van der Waals surface area contributed by atoms with Crippen LogP contribution in [0.1, 0.15) is 5.56 Å². The minimum absolute atomic E-state index is 0.00586. The molecule has 0 bridgehead atoms. The monoisotopic (exact) mass is 275 g/mol. The normalized spacial score (nSPS) is 11.1. The number of aliphatic hydroxyl groups excluding tert-OH is 1. The van der Waals surface area contributed by atoms with E-state index >= 15 is 0 Å². The summed E-state index contributed by atoms with van der Waals surface area (Å²) in [5.74, 6) is 0.251. The zero-order valence-corrected chi connectivity index (χ0v) is 10.5. The SMILES string of the molecule is Nc1nc(Cl)nc2c1ncn2-c1ccc(CO)cc1. The van der Waals surface area contributed by atoms with Crippen molar-refractivity contribution < 1.29 is 5.11 Å². The number of halogens is 1. The second-order valence-corrected chi connectivity index (χ2v) is 4.33. The zero-order valence-electron chi connectivity index (χ0n) is 9.79. The van der Waals surface area contributed by atoms with Gasteiger partial charge in [0.2, 0.25) is 5.28 Å². The smallest absolute Gasteiger partial charge is 0.226 e. The Kier molecular flexibility index (Phi) is 2.81. The Morgan fingerprint density at radius 2 is 1.95 bits per heavy atom. The number of aromatic nitrogens is 4. The molecule has 0 atom stereocenters. The summed E-state index contributed by atoms with van der Waals surface area (Å²) in [6.07, 6.45) is 1.61. The van der Waals surface area contributed by atoms with Gasteiger partial charge >= 0.3 is 0 Å². The highest BCUT2D eigenvalue weighted by atomic mass is 35.5. The highest BCUT2D eigenvalue weighted by Gasteiger charge is 2.11. The zero-order chi connectivity index (χ0) is 13.4. The van der Waals surface area contributed by atoms with Gasteiger partial charge in [-0.3, -0.25) is 4.57 Å². The van der Waals surface area contributed by atoms with E-state index in [0.29, 0.717) is 11.2 Å². The number of nitrogen functional groups attached to an aromatic ring is 1. The molecule has 1 aromatic carbocycles. The number of fused-ring (bicyclic) bond motifs is 1. The van der Waals surface area contributed by atoms with Gasteiger partial charge < -0.3 is 10.8 Å². The molecule has 0 fully saturated rings. The summed E-state index contributed by atoms with van der Waals surface area (Å²) >= 11 is 5.81. The molecule has 2 heterocycles. The quantitative estimate of drug-likeness (QED) is 0.693. The third kappa shape index (κ3) is 2.00. The maximum atomic E-state index is 9.03. The van der Waals surface area contributed by atoms with Crippen LogP contribution in [0.2, 0.25) is 5.28 Å². The van der Waals surface area contributed by atoms with Crippen LogP contribution in [0.4, 0.5) is 5.82 Å². The van der Waals surface area contributed by atoms with Crippen molar-refractivity contribution in [2.75, 3.05) is 5.73 Å². The molecule has 0 saturated carbocycles. The average Bonchev–Trinajstić information content (AvgIpc) is 2.83. The Morgan fingerprint density at radius 1 is 1.21 bits per heavy atom. The number of nitrogens with two attached hydrogens (primary N) is 1. The predicted octanol–water partition coefficient (Wildman–Crippen LogP) is 1.54. The van der Waals surface area contributed by atoms with Crippen LogP contribution in [-0.4, -0.2) is 24.6 Å². The van der Waals surface area contributed by atoms with E-state index in [-0.39, 0.29) is 17.7 Å². The van der Waals surface area contributed by atoms with Crippen LogP contribution in [0.5, 0.6) is 0 Å². The van der Waals surface area contributed by atoms with E-state index in [4.69, 9.17) is 22.4 Å². The van der Waals surface area contributed by atoms with E-state index in [2.05, 4.69) is 15.0 Å².